The first-order valence-corrected chi connectivity index (χ1v) is 9.10. The van der Waals surface area contributed by atoms with Gasteiger partial charge in [0.2, 0.25) is 0 Å². The number of hydrogen-bond acceptors (Lipinski definition) is 4. The fraction of sp³-hybridized carbons (Fsp3) is 1.00. The molecule has 0 saturated carbocycles. The van der Waals surface area contributed by atoms with E-state index in [0.717, 1.165) is 11.5 Å². The minimum Gasteiger partial charge on any atom is -0.279 e. The lowest BCUT2D eigenvalue weighted by molar-refractivity contribution is -0.133. The predicted molar refractivity (Wildman–Crippen MR) is 78.6 cm³/mol. The molecule has 5 heteroatoms. The van der Waals surface area contributed by atoms with Gasteiger partial charge in [0.1, 0.15) is 21.2 Å². The summed E-state index contributed by atoms with van der Waals surface area (Å²) in [6, 6.07) is 0. The topological polar surface area (TPSA) is 18.5 Å². The zero-order valence-corrected chi connectivity index (χ0v) is 13.9. The van der Waals surface area contributed by atoms with Crippen LogP contribution in [0.25, 0.3) is 0 Å². The Morgan fingerprint density at radius 2 is 1.29 bits per heavy atom. The quantitative estimate of drug-likeness (QED) is 0.682. The minimum atomic E-state index is -0.783. The van der Waals surface area contributed by atoms with Gasteiger partial charge in [-0.1, -0.05) is 41.5 Å². The zero-order valence-electron chi connectivity index (χ0n) is 11.5. The monoisotopic (exact) mass is 294 g/mol. The number of hydrogen-bond donors (Lipinski definition) is 0. The Bertz CT molecular complexity index is 324. The van der Waals surface area contributed by atoms with Crippen molar-refractivity contribution in [2.45, 2.75) is 52.7 Å². The molecule has 0 aliphatic carbocycles. The molecule has 1 unspecified atom stereocenters. The van der Waals surface area contributed by atoms with Crippen LogP contribution >= 0.6 is 11.8 Å². The normalized spacial score (nSPS) is 42.8. The van der Waals surface area contributed by atoms with Gasteiger partial charge in [0.15, 0.2) is 0 Å². The van der Waals surface area contributed by atoms with Crippen molar-refractivity contribution >= 4 is 33.0 Å². The summed E-state index contributed by atoms with van der Waals surface area (Å²) in [7, 11) is -0.783. The highest BCUT2D eigenvalue weighted by Crippen LogP contribution is 2.62. The van der Waals surface area contributed by atoms with Crippen LogP contribution in [0.4, 0.5) is 0 Å². The van der Waals surface area contributed by atoms with Gasteiger partial charge in [0, 0.05) is 22.7 Å². The molecule has 0 aromatic rings. The molecule has 2 saturated heterocycles. The van der Waals surface area contributed by atoms with Crippen molar-refractivity contribution in [1.82, 2.24) is 0 Å². The first kappa shape index (κ1) is 14.3. The highest BCUT2D eigenvalue weighted by molar-refractivity contribution is 8.23. The fourth-order valence-electron chi connectivity index (χ4n) is 2.90. The summed E-state index contributed by atoms with van der Waals surface area (Å²) in [4.78, 5) is 0. The summed E-state index contributed by atoms with van der Waals surface area (Å²) in [5, 5.41) is 0. The van der Waals surface area contributed by atoms with E-state index in [4.69, 9.17) is 19.6 Å². The van der Waals surface area contributed by atoms with Gasteiger partial charge in [-0.2, -0.15) is 11.8 Å². The smallest absolute Gasteiger partial charge is 0.150 e. The molecule has 100 valence electrons. The number of thioether (sulfide) groups is 1. The third-order valence-corrected chi connectivity index (χ3v) is 6.58. The van der Waals surface area contributed by atoms with Crippen LogP contribution in [0.1, 0.15) is 41.5 Å². The maximum absolute atomic E-state index is 6.17. The van der Waals surface area contributed by atoms with E-state index in [0.29, 0.717) is 0 Å². The van der Waals surface area contributed by atoms with Crippen molar-refractivity contribution in [2.24, 2.45) is 10.8 Å². The second kappa shape index (κ2) is 3.92. The summed E-state index contributed by atoms with van der Waals surface area (Å²) in [6.07, 6.45) is 0. The average molecular weight is 295 g/mol. The molecule has 2 aliphatic rings. The van der Waals surface area contributed by atoms with Crippen LogP contribution in [0.3, 0.4) is 0 Å². The van der Waals surface area contributed by atoms with Crippen LogP contribution in [-0.4, -0.2) is 22.7 Å². The van der Waals surface area contributed by atoms with Crippen molar-refractivity contribution < 1.29 is 8.37 Å². The van der Waals surface area contributed by atoms with Crippen LogP contribution in [0, 0.1) is 10.8 Å². The Morgan fingerprint density at radius 3 is 1.59 bits per heavy atom. The van der Waals surface area contributed by atoms with Crippen molar-refractivity contribution in [1.29, 1.82) is 0 Å². The van der Waals surface area contributed by atoms with Crippen LogP contribution in [-0.2, 0) is 29.6 Å². The molecule has 0 amide bonds. The lowest BCUT2D eigenvalue weighted by atomic mass is 9.59. The van der Waals surface area contributed by atoms with Crippen LogP contribution < -0.4 is 0 Å². The molecular formula is C12H22O2S3. The van der Waals surface area contributed by atoms with Crippen molar-refractivity contribution in [2.75, 3.05) is 11.5 Å². The standard InChI is InChI=1S/C12H22O2S3/c1-9(2,3)11-7-16-8-12(11,10(4,5)6)14-17(15)13-11/h7-8H2,1-6H3/t11-,12+,17?. The van der Waals surface area contributed by atoms with E-state index in [2.05, 4.69) is 41.5 Å². The summed E-state index contributed by atoms with van der Waals surface area (Å²) >= 11 is 7.24. The molecular weight excluding hydrogens is 272 g/mol. The van der Waals surface area contributed by atoms with E-state index < -0.39 is 10.0 Å². The lowest BCUT2D eigenvalue weighted by Gasteiger charge is -2.50. The van der Waals surface area contributed by atoms with Gasteiger partial charge in [-0.3, -0.25) is 8.37 Å². The van der Waals surface area contributed by atoms with Gasteiger partial charge in [0.05, 0.1) is 0 Å². The minimum absolute atomic E-state index is 0.0321. The van der Waals surface area contributed by atoms with Crippen molar-refractivity contribution in [3.05, 3.63) is 0 Å². The Kier molecular flexibility index (Phi) is 3.28. The predicted octanol–water partition coefficient (Wildman–Crippen LogP) is 3.26. The number of fused-ring (bicyclic) bond motifs is 1. The highest BCUT2D eigenvalue weighted by atomic mass is 32.8. The highest BCUT2D eigenvalue weighted by Gasteiger charge is 2.72. The first-order valence-electron chi connectivity index (χ1n) is 5.94. The summed E-state index contributed by atoms with van der Waals surface area (Å²) in [5.74, 6) is 1.96. The van der Waals surface area contributed by atoms with Gasteiger partial charge in [-0.15, -0.1) is 0 Å². The molecule has 0 aromatic carbocycles. The Balaban J connectivity index is 2.59. The zero-order chi connectivity index (χ0) is 13.1. The van der Waals surface area contributed by atoms with E-state index >= 15 is 0 Å². The second-order valence-electron chi connectivity index (χ2n) is 7.02. The maximum atomic E-state index is 6.17. The van der Waals surface area contributed by atoms with E-state index in [9.17, 15) is 0 Å². The van der Waals surface area contributed by atoms with E-state index in [1.807, 2.05) is 11.8 Å². The summed E-state index contributed by atoms with van der Waals surface area (Å²) in [6.45, 7) is 13.4. The molecule has 2 nitrogen and oxygen atoms in total. The summed E-state index contributed by atoms with van der Waals surface area (Å²) in [5.41, 5.74) is -0.448. The average Bonchev–Trinajstić information content (AvgIpc) is 2.53. The molecule has 2 aliphatic heterocycles. The van der Waals surface area contributed by atoms with Gasteiger partial charge < -0.3 is 0 Å². The van der Waals surface area contributed by atoms with Crippen molar-refractivity contribution in [3.8, 4) is 0 Å². The third kappa shape index (κ3) is 1.76. The summed E-state index contributed by atoms with van der Waals surface area (Å²) < 4.78 is 12.3. The Morgan fingerprint density at radius 1 is 0.941 bits per heavy atom. The molecule has 17 heavy (non-hydrogen) atoms. The molecule has 2 rings (SSSR count). The number of rotatable bonds is 0. The fourth-order valence-corrected chi connectivity index (χ4v) is 7.26. The van der Waals surface area contributed by atoms with Crippen LogP contribution in [0.2, 0.25) is 0 Å². The van der Waals surface area contributed by atoms with Gasteiger partial charge in [-0.05, 0) is 10.8 Å². The lowest BCUT2D eigenvalue weighted by Crippen LogP contribution is -2.64. The maximum Gasteiger partial charge on any atom is 0.150 e. The first-order chi connectivity index (χ1) is 7.56. The van der Waals surface area contributed by atoms with Crippen LogP contribution in [0.5, 0.6) is 0 Å². The SMILES string of the molecule is CC(C)(C)[C@@]12CSC[C@]1(C(C)(C)C)OS(=S)O2. The van der Waals surface area contributed by atoms with E-state index in [1.165, 1.54) is 0 Å². The van der Waals surface area contributed by atoms with Gasteiger partial charge in [0.25, 0.3) is 0 Å². The largest absolute Gasteiger partial charge is 0.279 e. The molecule has 0 N–H and O–H groups in total. The molecule has 0 radical (unpaired) electrons. The Labute approximate surface area is 116 Å². The molecule has 3 atom stereocenters. The van der Waals surface area contributed by atoms with E-state index in [-0.39, 0.29) is 22.0 Å². The van der Waals surface area contributed by atoms with E-state index in [1.54, 1.807) is 0 Å². The van der Waals surface area contributed by atoms with Gasteiger partial charge >= 0.3 is 0 Å². The van der Waals surface area contributed by atoms with Crippen LogP contribution in [0.15, 0.2) is 0 Å². The molecule has 0 bridgehead atoms. The third-order valence-electron chi connectivity index (χ3n) is 4.11. The second-order valence-corrected chi connectivity index (χ2v) is 9.56. The molecule has 2 heterocycles. The molecule has 2 fully saturated rings. The van der Waals surface area contributed by atoms with Crippen molar-refractivity contribution in [3.63, 3.8) is 0 Å². The van der Waals surface area contributed by atoms with Gasteiger partial charge in [-0.25, -0.2) is 0 Å². The molecule has 0 aromatic heterocycles. The molecule has 0 spiro atoms. The Hall–Kier alpha value is 0.840.